The van der Waals surface area contributed by atoms with Crippen LogP contribution in [-0.2, 0) is 16.4 Å². The molecule has 2 rings (SSSR count). The summed E-state index contributed by atoms with van der Waals surface area (Å²) in [4.78, 5) is 16.2. The molecule has 23 heavy (non-hydrogen) atoms. The Morgan fingerprint density at radius 2 is 2.17 bits per heavy atom. The lowest BCUT2D eigenvalue weighted by Gasteiger charge is -2.32. The molecular formula is C15H26N4O3S. The largest absolute Gasteiger partial charge is 0.338 e. The third kappa shape index (κ3) is 5.53. The molecule has 0 radical (unpaired) electrons. The molecule has 0 aliphatic carbocycles. The molecule has 8 heteroatoms. The molecule has 1 aliphatic heterocycles. The molecule has 2 atom stereocenters. The highest BCUT2D eigenvalue weighted by Gasteiger charge is 2.29. The Bertz CT molecular complexity index is 620. The Kier molecular flexibility index (Phi) is 5.33. The second-order valence-corrected chi connectivity index (χ2v) is 9.53. The Labute approximate surface area is 137 Å². The van der Waals surface area contributed by atoms with Crippen LogP contribution in [0.25, 0.3) is 0 Å². The number of urea groups is 1. The number of sulfone groups is 1. The lowest BCUT2D eigenvalue weighted by atomic mass is 9.86. The van der Waals surface area contributed by atoms with E-state index in [-0.39, 0.29) is 34.9 Å². The van der Waals surface area contributed by atoms with Crippen molar-refractivity contribution in [3.05, 3.63) is 18.7 Å². The smallest absolute Gasteiger partial charge is 0.315 e. The number of imidazole rings is 1. The molecule has 0 saturated carbocycles. The van der Waals surface area contributed by atoms with E-state index in [1.165, 1.54) is 0 Å². The van der Waals surface area contributed by atoms with Gasteiger partial charge in [-0.1, -0.05) is 20.8 Å². The number of nitrogens with zero attached hydrogens (tertiary/aromatic N) is 2. The molecule has 1 saturated heterocycles. The first-order chi connectivity index (χ1) is 10.7. The standard InChI is InChI=1S/C15H26N4O3S/c1-15(2,3)13(9-19-6-5-16-11-19)18-14(20)17-8-12-4-7-23(21,22)10-12/h5-6,11-13H,4,7-10H2,1-3H3,(H2,17,18,20)/t12-,13+/m1/s1. The number of nitrogens with one attached hydrogen (secondary N) is 2. The van der Waals surface area contributed by atoms with Gasteiger partial charge in [0.25, 0.3) is 0 Å². The topological polar surface area (TPSA) is 93.1 Å². The Morgan fingerprint density at radius 3 is 2.70 bits per heavy atom. The molecule has 0 unspecified atom stereocenters. The van der Waals surface area contributed by atoms with Crippen LogP contribution in [0.4, 0.5) is 4.79 Å². The highest BCUT2D eigenvalue weighted by atomic mass is 32.2. The number of aromatic nitrogens is 2. The summed E-state index contributed by atoms with van der Waals surface area (Å²) in [6.07, 6.45) is 5.92. The molecule has 2 heterocycles. The summed E-state index contributed by atoms with van der Waals surface area (Å²) in [5.41, 5.74) is -0.113. The summed E-state index contributed by atoms with van der Waals surface area (Å²) in [6.45, 7) is 7.23. The Hall–Kier alpha value is -1.57. The lowest BCUT2D eigenvalue weighted by molar-refractivity contribution is 0.208. The minimum atomic E-state index is -2.91. The summed E-state index contributed by atoms with van der Waals surface area (Å²) >= 11 is 0. The van der Waals surface area contributed by atoms with Gasteiger partial charge in [-0.25, -0.2) is 18.2 Å². The third-order valence-electron chi connectivity index (χ3n) is 4.18. The predicted molar refractivity (Wildman–Crippen MR) is 88.8 cm³/mol. The highest BCUT2D eigenvalue weighted by Crippen LogP contribution is 2.21. The fourth-order valence-electron chi connectivity index (χ4n) is 2.62. The van der Waals surface area contributed by atoms with Gasteiger partial charge in [0, 0.05) is 25.5 Å². The van der Waals surface area contributed by atoms with E-state index < -0.39 is 9.84 Å². The summed E-state index contributed by atoms with van der Waals surface area (Å²) in [7, 11) is -2.91. The van der Waals surface area contributed by atoms with Crippen LogP contribution in [-0.4, -0.2) is 48.1 Å². The van der Waals surface area contributed by atoms with Gasteiger partial charge in [-0.3, -0.25) is 0 Å². The first-order valence-corrected chi connectivity index (χ1v) is 9.68. The van der Waals surface area contributed by atoms with Gasteiger partial charge >= 0.3 is 6.03 Å². The second-order valence-electron chi connectivity index (χ2n) is 7.30. The molecular weight excluding hydrogens is 316 g/mol. The van der Waals surface area contributed by atoms with Gasteiger partial charge in [0.15, 0.2) is 9.84 Å². The molecule has 1 aromatic rings. The Balaban J connectivity index is 1.85. The number of amides is 2. The highest BCUT2D eigenvalue weighted by molar-refractivity contribution is 7.91. The molecule has 2 N–H and O–H groups in total. The van der Waals surface area contributed by atoms with E-state index in [1.807, 2.05) is 10.8 Å². The van der Waals surface area contributed by atoms with Gasteiger partial charge in [0.2, 0.25) is 0 Å². The number of hydrogen-bond donors (Lipinski definition) is 2. The molecule has 0 spiro atoms. The van der Waals surface area contributed by atoms with Crippen molar-refractivity contribution in [2.24, 2.45) is 11.3 Å². The number of carbonyl (C=O) groups excluding carboxylic acids is 1. The lowest BCUT2D eigenvalue weighted by Crippen LogP contribution is -2.50. The fraction of sp³-hybridized carbons (Fsp3) is 0.733. The first-order valence-electron chi connectivity index (χ1n) is 7.86. The number of hydrogen-bond acceptors (Lipinski definition) is 4. The summed E-state index contributed by atoms with van der Waals surface area (Å²) in [5.74, 6) is 0.421. The van der Waals surface area contributed by atoms with Crippen molar-refractivity contribution in [1.82, 2.24) is 20.2 Å². The maximum atomic E-state index is 12.2. The molecule has 1 aromatic heterocycles. The normalized spacial score (nSPS) is 21.8. The van der Waals surface area contributed by atoms with Gasteiger partial charge in [-0.15, -0.1) is 0 Å². The fourth-order valence-corrected chi connectivity index (χ4v) is 4.48. The van der Waals surface area contributed by atoms with Crippen molar-refractivity contribution >= 4 is 15.9 Å². The van der Waals surface area contributed by atoms with Gasteiger partial charge < -0.3 is 15.2 Å². The van der Waals surface area contributed by atoms with Gasteiger partial charge in [0.05, 0.1) is 23.9 Å². The molecule has 1 aliphatic rings. The predicted octanol–water partition coefficient (Wildman–Crippen LogP) is 1.03. The zero-order valence-electron chi connectivity index (χ0n) is 13.9. The van der Waals surface area contributed by atoms with Crippen LogP contribution in [0, 0.1) is 11.3 Å². The van der Waals surface area contributed by atoms with E-state index in [0.717, 1.165) is 0 Å². The molecule has 7 nitrogen and oxygen atoms in total. The van der Waals surface area contributed by atoms with E-state index in [0.29, 0.717) is 19.5 Å². The van der Waals surface area contributed by atoms with Crippen LogP contribution in [0.3, 0.4) is 0 Å². The van der Waals surface area contributed by atoms with Crippen LogP contribution in [0.1, 0.15) is 27.2 Å². The number of carbonyl (C=O) groups is 1. The molecule has 2 amide bonds. The minimum Gasteiger partial charge on any atom is -0.338 e. The van der Waals surface area contributed by atoms with E-state index in [9.17, 15) is 13.2 Å². The quantitative estimate of drug-likeness (QED) is 0.836. The van der Waals surface area contributed by atoms with E-state index >= 15 is 0 Å². The van der Waals surface area contributed by atoms with Crippen molar-refractivity contribution < 1.29 is 13.2 Å². The van der Waals surface area contributed by atoms with Gasteiger partial charge in [-0.2, -0.15) is 0 Å². The second kappa shape index (κ2) is 6.90. The maximum absolute atomic E-state index is 12.2. The van der Waals surface area contributed by atoms with E-state index in [1.54, 1.807) is 12.5 Å². The van der Waals surface area contributed by atoms with Crippen molar-refractivity contribution in [2.75, 3.05) is 18.1 Å². The van der Waals surface area contributed by atoms with Crippen LogP contribution in [0.5, 0.6) is 0 Å². The molecule has 0 bridgehead atoms. The summed E-state index contributed by atoms with van der Waals surface area (Å²) in [6, 6.07) is -0.321. The SMILES string of the molecule is CC(C)(C)[C@H](Cn1ccnc1)NC(=O)NC[C@H]1CCS(=O)(=O)C1. The number of rotatable bonds is 5. The maximum Gasteiger partial charge on any atom is 0.315 e. The molecule has 1 fully saturated rings. The van der Waals surface area contributed by atoms with Crippen LogP contribution in [0.2, 0.25) is 0 Å². The van der Waals surface area contributed by atoms with Crippen molar-refractivity contribution in [2.45, 2.75) is 39.8 Å². The first kappa shape index (κ1) is 17.8. The van der Waals surface area contributed by atoms with Gasteiger partial charge in [0.1, 0.15) is 0 Å². The monoisotopic (exact) mass is 342 g/mol. The molecule has 130 valence electrons. The van der Waals surface area contributed by atoms with Crippen LogP contribution >= 0.6 is 0 Å². The van der Waals surface area contributed by atoms with Crippen LogP contribution in [0.15, 0.2) is 18.7 Å². The van der Waals surface area contributed by atoms with Gasteiger partial charge in [-0.05, 0) is 17.8 Å². The van der Waals surface area contributed by atoms with E-state index in [4.69, 9.17) is 0 Å². The van der Waals surface area contributed by atoms with Crippen molar-refractivity contribution in [3.63, 3.8) is 0 Å². The summed E-state index contributed by atoms with van der Waals surface area (Å²) < 4.78 is 24.8. The van der Waals surface area contributed by atoms with Crippen molar-refractivity contribution in [3.8, 4) is 0 Å². The summed E-state index contributed by atoms with van der Waals surface area (Å²) in [5, 5.41) is 5.80. The van der Waals surface area contributed by atoms with E-state index in [2.05, 4.69) is 36.4 Å². The van der Waals surface area contributed by atoms with Crippen LogP contribution < -0.4 is 10.6 Å². The zero-order valence-corrected chi connectivity index (χ0v) is 14.8. The average Bonchev–Trinajstić information content (AvgIpc) is 3.04. The average molecular weight is 342 g/mol. The zero-order chi connectivity index (χ0) is 17.1. The Morgan fingerprint density at radius 1 is 1.43 bits per heavy atom. The molecule has 0 aromatic carbocycles. The third-order valence-corrected chi connectivity index (χ3v) is 6.02. The minimum absolute atomic E-state index is 0.0208. The van der Waals surface area contributed by atoms with Crippen molar-refractivity contribution in [1.29, 1.82) is 0 Å².